The molecule has 0 heterocycles. The highest BCUT2D eigenvalue weighted by Gasteiger charge is 2.15. The fraction of sp³-hybridized carbons (Fsp3) is 0. The number of hydrazone groups is 1. The summed E-state index contributed by atoms with van der Waals surface area (Å²) in [5.41, 5.74) is 3.49. The molecule has 0 unspecified atom stereocenters. The zero-order valence-electron chi connectivity index (χ0n) is 17.2. The second-order valence-electron chi connectivity index (χ2n) is 6.76. The molecular formula is C23H16Br2N4O5. The molecule has 3 rings (SSSR count). The Labute approximate surface area is 210 Å². The Morgan fingerprint density at radius 3 is 2.18 bits per heavy atom. The van der Waals surface area contributed by atoms with E-state index in [9.17, 15) is 24.8 Å². The first kappa shape index (κ1) is 24.8. The summed E-state index contributed by atoms with van der Waals surface area (Å²) < 4.78 is 0.868. The van der Waals surface area contributed by atoms with Gasteiger partial charge in [-0.2, -0.15) is 5.10 Å². The molecule has 0 atom stereocenters. The number of phenolic OH excluding ortho intramolecular Hbond substituents is 1. The van der Waals surface area contributed by atoms with Crippen molar-refractivity contribution in [3.05, 3.63) is 108 Å². The number of benzene rings is 3. The fourth-order valence-electron chi connectivity index (χ4n) is 2.69. The Kier molecular flexibility index (Phi) is 8.28. The number of rotatable bonds is 7. The van der Waals surface area contributed by atoms with Gasteiger partial charge in [0.15, 0.2) is 0 Å². The molecule has 11 heteroatoms. The number of carbonyl (C=O) groups is 2. The third kappa shape index (κ3) is 6.59. The van der Waals surface area contributed by atoms with Crippen LogP contribution >= 0.6 is 31.9 Å². The van der Waals surface area contributed by atoms with Gasteiger partial charge in [0.1, 0.15) is 11.4 Å². The van der Waals surface area contributed by atoms with Gasteiger partial charge in [-0.15, -0.1) is 0 Å². The Morgan fingerprint density at radius 1 is 0.971 bits per heavy atom. The van der Waals surface area contributed by atoms with E-state index in [1.165, 1.54) is 36.6 Å². The highest BCUT2D eigenvalue weighted by atomic mass is 79.9. The van der Waals surface area contributed by atoms with Gasteiger partial charge in [0.25, 0.3) is 17.5 Å². The summed E-state index contributed by atoms with van der Waals surface area (Å²) in [4.78, 5) is 35.7. The molecule has 172 valence electrons. The van der Waals surface area contributed by atoms with Gasteiger partial charge in [-0.3, -0.25) is 19.7 Å². The second kappa shape index (κ2) is 11.3. The Hall–Kier alpha value is -3.83. The molecule has 0 aliphatic heterocycles. The van der Waals surface area contributed by atoms with Crippen LogP contribution in [0.25, 0.3) is 6.08 Å². The van der Waals surface area contributed by atoms with Crippen molar-refractivity contribution in [2.45, 2.75) is 0 Å². The maximum Gasteiger partial charge on any atom is 0.287 e. The van der Waals surface area contributed by atoms with Crippen molar-refractivity contribution in [3.63, 3.8) is 0 Å². The minimum atomic E-state index is -0.712. The van der Waals surface area contributed by atoms with Crippen LogP contribution in [0.5, 0.6) is 5.75 Å². The van der Waals surface area contributed by atoms with Gasteiger partial charge in [-0.1, -0.05) is 18.2 Å². The molecule has 0 saturated carbocycles. The van der Waals surface area contributed by atoms with Crippen molar-refractivity contribution in [1.29, 1.82) is 0 Å². The van der Waals surface area contributed by atoms with Crippen LogP contribution in [0.3, 0.4) is 0 Å². The number of hydrogen-bond acceptors (Lipinski definition) is 6. The van der Waals surface area contributed by atoms with E-state index < -0.39 is 16.7 Å². The molecule has 2 amide bonds. The van der Waals surface area contributed by atoms with Gasteiger partial charge in [0, 0.05) is 17.7 Å². The van der Waals surface area contributed by atoms with Gasteiger partial charge >= 0.3 is 0 Å². The first-order chi connectivity index (χ1) is 16.2. The van der Waals surface area contributed by atoms with Crippen molar-refractivity contribution < 1.29 is 19.6 Å². The second-order valence-corrected chi connectivity index (χ2v) is 8.47. The minimum Gasteiger partial charge on any atom is -0.506 e. The van der Waals surface area contributed by atoms with Crippen molar-refractivity contribution in [2.24, 2.45) is 5.10 Å². The number of nitrogens with one attached hydrogen (secondary N) is 2. The lowest BCUT2D eigenvalue weighted by Gasteiger charge is -2.09. The summed E-state index contributed by atoms with van der Waals surface area (Å²) in [7, 11) is 0. The lowest BCUT2D eigenvalue weighted by molar-refractivity contribution is -0.384. The van der Waals surface area contributed by atoms with E-state index in [2.05, 4.69) is 47.7 Å². The first-order valence-corrected chi connectivity index (χ1v) is 11.2. The Balaban J connectivity index is 1.83. The molecule has 3 N–H and O–H groups in total. The number of phenols is 1. The van der Waals surface area contributed by atoms with Crippen LogP contribution in [0.4, 0.5) is 5.69 Å². The van der Waals surface area contributed by atoms with Gasteiger partial charge < -0.3 is 10.4 Å². The molecular weight excluding hydrogens is 572 g/mol. The number of nitro groups is 1. The highest BCUT2D eigenvalue weighted by Crippen LogP contribution is 2.32. The van der Waals surface area contributed by atoms with Crippen LogP contribution in [0.15, 0.2) is 86.5 Å². The number of aromatic hydroxyl groups is 1. The number of halogens is 2. The monoisotopic (exact) mass is 586 g/mol. The van der Waals surface area contributed by atoms with Gasteiger partial charge in [-0.05, 0) is 85.5 Å². The normalized spacial score (nSPS) is 11.3. The molecule has 0 aliphatic rings. The highest BCUT2D eigenvalue weighted by molar-refractivity contribution is 9.11. The van der Waals surface area contributed by atoms with Crippen LogP contribution in [-0.4, -0.2) is 28.1 Å². The first-order valence-electron chi connectivity index (χ1n) is 9.58. The molecule has 0 radical (unpaired) electrons. The number of nitro benzene ring substituents is 1. The smallest absolute Gasteiger partial charge is 0.287 e. The maximum atomic E-state index is 12.8. The van der Waals surface area contributed by atoms with E-state index in [1.807, 2.05) is 0 Å². The summed E-state index contributed by atoms with van der Waals surface area (Å²) in [6.45, 7) is 0. The maximum absolute atomic E-state index is 12.8. The van der Waals surface area contributed by atoms with Gasteiger partial charge in [0.2, 0.25) is 0 Å². The van der Waals surface area contributed by atoms with Crippen LogP contribution < -0.4 is 10.7 Å². The lowest BCUT2D eigenvalue weighted by atomic mass is 10.1. The van der Waals surface area contributed by atoms with Crippen molar-refractivity contribution in [2.75, 3.05) is 0 Å². The number of amides is 2. The topological polar surface area (TPSA) is 134 Å². The number of hydrogen-bond donors (Lipinski definition) is 3. The molecule has 3 aromatic rings. The van der Waals surface area contributed by atoms with Crippen LogP contribution in [0.1, 0.15) is 21.5 Å². The number of carbonyl (C=O) groups excluding carboxylic acids is 2. The zero-order valence-corrected chi connectivity index (χ0v) is 20.4. The molecule has 0 spiro atoms. The summed E-state index contributed by atoms with van der Waals surface area (Å²) in [6, 6.07) is 17.0. The standard InChI is InChI=1S/C23H16Br2N4O5/c24-18-10-15(11-19(25)21(18)30)13-26-28-23(32)20(27-22(31)16-4-2-1-3-5-16)12-14-6-8-17(9-7-14)29(33)34/h1-13,30H,(H,27,31)(H,28,32). The third-order valence-corrected chi connectivity index (χ3v) is 5.57. The van der Waals surface area contributed by atoms with E-state index >= 15 is 0 Å². The molecule has 0 fully saturated rings. The molecule has 0 saturated heterocycles. The number of nitrogens with zero attached hydrogens (tertiary/aromatic N) is 2. The Morgan fingerprint density at radius 2 is 1.59 bits per heavy atom. The lowest BCUT2D eigenvalue weighted by Crippen LogP contribution is -2.32. The quantitative estimate of drug-likeness (QED) is 0.159. The zero-order chi connectivity index (χ0) is 24.7. The van der Waals surface area contributed by atoms with Crippen LogP contribution in [-0.2, 0) is 4.79 Å². The molecule has 34 heavy (non-hydrogen) atoms. The predicted molar refractivity (Wildman–Crippen MR) is 134 cm³/mol. The van der Waals surface area contributed by atoms with E-state index in [1.54, 1.807) is 42.5 Å². The summed E-state index contributed by atoms with van der Waals surface area (Å²) in [5.74, 6) is -1.20. The van der Waals surface area contributed by atoms with Crippen molar-refractivity contribution in [3.8, 4) is 5.75 Å². The van der Waals surface area contributed by atoms with E-state index in [4.69, 9.17) is 0 Å². The Bertz CT molecular complexity index is 1270. The average molecular weight is 588 g/mol. The molecule has 3 aromatic carbocycles. The number of non-ortho nitro benzene ring substituents is 1. The molecule has 0 aromatic heterocycles. The van der Waals surface area contributed by atoms with Crippen molar-refractivity contribution in [1.82, 2.24) is 10.7 Å². The predicted octanol–water partition coefficient (Wildman–Crippen LogP) is 4.75. The van der Waals surface area contributed by atoms with E-state index in [0.29, 0.717) is 25.6 Å². The minimum absolute atomic E-state index is 0.0260. The SMILES string of the molecule is O=C(NN=Cc1cc(Br)c(O)c(Br)c1)C(=Cc1ccc([N+](=O)[O-])cc1)NC(=O)c1ccccc1. The largest absolute Gasteiger partial charge is 0.506 e. The molecule has 9 nitrogen and oxygen atoms in total. The van der Waals surface area contributed by atoms with E-state index in [0.717, 1.165) is 0 Å². The van der Waals surface area contributed by atoms with Gasteiger partial charge in [-0.25, -0.2) is 5.43 Å². The molecule has 0 aliphatic carbocycles. The summed E-state index contributed by atoms with van der Waals surface area (Å²) >= 11 is 6.43. The third-order valence-electron chi connectivity index (χ3n) is 4.36. The van der Waals surface area contributed by atoms with E-state index in [-0.39, 0.29) is 17.1 Å². The summed E-state index contributed by atoms with van der Waals surface area (Å²) in [6.07, 6.45) is 2.73. The van der Waals surface area contributed by atoms with Crippen molar-refractivity contribution >= 4 is 61.7 Å². The van der Waals surface area contributed by atoms with Gasteiger partial charge in [0.05, 0.1) is 20.1 Å². The fourth-order valence-corrected chi connectivity index (χ4v) is 3.91. The summed E-state index contributed by atoms with van der Waals surface area (Å²) in [5, 5.41) is 27.1. The van der Waals surface area contributed by atoms with Crippen LogP contribution in [0.2, 0.25) is 0 Å². The average Bonchev–Trinajstić information content (AvgIpc) is 2.82. The molecule has 0 bridgehead atoms. The van der Waals surface area contributed by atoms with Crippen LogP contribution in [0, 0.1) is 10.1 Å².